The van der Waals surface area contributed by atoms with Gasteiger partial charge in [0.25, 0.3) is 0 Å². The second-order valence-corrected chi connectivity index (χ2v) is 3.82. The Morgan fingerprint density at radius 3 is 2.88 bits per heavy atom. The van der Waals surface area contributed by atoms with Crippen molar-refractivity contribution >= 4 is 16.9 Å². The Bertz CT molecular complexity index is 531. The molecule has 84 valence electrons. The predicted molar refractivity (Wildman–Crippen MR) is 62.0 cm³/mol. The van der Waals surface area contributed by atoms with Crippen LogP contribution in [0.2, 0.25) is 0 Å². The van der Waals surface area contributed by atoms with Gasteiger partial charge in [0.1, 0.15) is 6.04 Å². The zero-order valence-electron chi connectivity index (χ0n) is 9.28. The molecule has 1 unspecified atom stereocenters. The van der Waals surface area contributed by atoms with E-state index in [2.05, 4.69) is 9.72 Å². The first-order chi connectivity index (χ1) is 7.61. The lowest BCUT2D eigenvalue weighted by Crippen LogP contribution is -2.22. The number of hydrogen-bond acceptors (Lipinski definition) is 3. The first kappa shape index (κ1) is 10.7. The number of ether oxygens (including phenoxy) is 1. The number of aryl methyl sites for hydroxylation is 1. The number of carbonyl (C=O) groups excluding carboxylic acids is 1. The van der Waals surface area contributed by atoms with Gasteiger partial charge in [-0.15, -0.1) is 0 Å². The highest BCUT2D eigenvalue weighted by Crippen LogP contribution is 2.20. The third-order valence-electron chi connectivity index (χ3n) is 2.59. The number of rotatable bonds is 2. The van der Waals surface area contributed by atoms with Gasteiger partial charge in [0.05, 0.1) is 7.11 Å². The van der Waals surface area contributed by atoms with Crippen LogP contribution in [0, 0.1) is 6.92 Å². The van der Waals surface area contributed by atoms with Gasteiger partial charge in [-0.1, -0.05) is 12.1 Å². The molecule has 0 spiro atoms. The Kier molecular flexibility index (Phi) is 2.66. The third-order valence-corrected chi connectivity index (χ3v) is 2.59. The van der Waals surface area contributed by atoms with Crippen molar-refractivity contribution in [2.24, 2.45) is 5.73 Å². The van der Waals surface area contributed by atoms with E-state index in [0.29, 0.717) is 5.69 Å². The molecule has 0 aliphatic carbocycles. The number of nitrogens with two attached hydrogens (primary N) is 1. The minimum absolute atomic E-state index is 0.441. The number of hydrogen-bond donors (Lipinski definition) is 2. The summed E-state index contributed by atoms with van der Waals surface area (Å²) in [6.07, 6.45) is 0. The first-order valence-electron chi connectivity index (χ1n) is 5.04. The van der Waals surface area contributed by atoms with E-state index in [1.807, 2.05) is 31.2 Å². The van der Waals surface area contributed by atoms with Crippen molar-refractivity contribution < 1.29 is 9.53 Å². The molecule has 2 aromatic rings. The van der Waals surface area contributed by atoms with Crippen molar-refractivity contribution in [3.63, 3.8) is 0 Å². The van der Waals surface area contributed by atoms with Gasteiger partial charge in [0.15, 0.2) is 0 Å². The molecule has 1 heterocycles. The fourth-order valence-electron chi connectivity index (χ4n) is 1.68. The lowest BCUT2D eigenvalue weighted by atomic mass is 10.2. The Hall–Kier alpha value is -1.81. The minimum atomic E-state index is -0.752. The molecule has 3 N–H and O–H groups in total. The molecule has 0 aliphatic heterocycles. The monoisotopic (exact) mass is 218 g/mol. The van der Waals surface area contributed by atoms with Gasteiger partial charge in [0, 0.05) is 11.2 Å². The summed E-state index contributed by atoms with van der Waals surface area (Å²) < 4.78 is 4.60. The van der Waals surface area contributed by atoms with Crippen molar-refractivity contribution in [2.75, 3.05) is 7.11 Å². The number of nitrogens with one attached hydrogen (secondary N) is 1. The van der Waals surface area contributed by atoms with E-state index in [9.17, 15) is 4.79 Å². The molecule has 0 bridgehead atoms. The molecular weight excluding hydrogens is 204 g/mol. The Morgan fingerprint density at radius 1 is 1.44 bits per heavy atom. The summed E-state index contributed by atoms with van der Waals surface area (Å²) in [6.45, 7) is 2.01. The van der Waals surface area contributed by atoms with Crippen LogP contribution < -0.4 is 5.73 Å². The summed E-state index contributed by atoms with van der Waals surface area (Å²) in [5.74, 6) is -0.441. The lowest BCUT2D eigenvalue weighted by Gasteiger charge is -2.05. The SMILES string of the molecule is COC(=O)C(N)c1cc2ccc(C)cc2[nH]1. The summed E-state index contributed by atoms with van der Waals surface area (Å²) in [7, 11) is 1.33. The molecule has 4 nitrogen and oxygen atoms in total. The van der Waals surface area contributed by atoms with Crippen LogP contribution >= 0.6 is 0 Å². The molecule has 0 amide bonds. The highest BCUT2D eigenvalue weighted by atomic mass is 16.5. The normalized spacial score (nSPS) is 12.7. The molecular formula is C12H14N2O2. The molecule has 0 radical (unpaired) electrons. The van der Waals surface area contributed by atoms with E-state index in [4.69, 9.17) is 5.73 Å². The van der Waals surface area contributed by atoms with Gasteiger partial charge in [-0.05, 0) is 30.0 Å². The number of aromatic nitrogens is 1. The van der Waals surface area contributed by atoms with Crippen LogP contribution in [-0.4, -0.2) is 18.1 Å². The second kappa shape index (κ2) is 3.98. The molecule has 0 saturated heterocycles. The van der Waals surface area contributed by atoms with Gasteiger partial charge in [-0.3, -0.25) is 0 Å². The van der Waals surface area contributed by atoms with Gasteiger partial charge in [-0.25, -0.2) is 4.79 Å². The highest BCUT2D eigenvalue weighted by molar-refractivity contribution is 5.84. The topological polar surface area (TPSA) is 68.1 Å². The van der Waals surface area contributed by atoms with Crippen molar-refractivity contribution in [1.29, 1.82) is 0 Å². The van der Waals surface area contributed by atoms with Crippen LogP contribution in [0.25, 0.3) is 10.9 Å². The van der Waals surface area contributed by atoms with Crippen LogP contribution in [0.15, 0.2) is 24.3 Å². The maximum atomic E-state index is 11.3. The first-order valence-corrected chi connectivity index (χ1v) is 5.04. The van der Waals surface area contributed by atoms with Crippen molar-refractivity contribution in [3.8, 4) is 0 Å². The molecule has 0 fully saturated rings. The smallest absolute Gasteiger partial charge is 0.328 e. The average molecular weight is 218 g/mol. The van der Waals surface area contributed by atoms with E-state index >= 15 is 0 Å². The Morgan fingerprint density at radius 2 is 2.19 bits per heavy atom. The van der Waals surface area contributed by atoms with E-state index < -0.39 is 12.0 Å². The fraction of sp³-hybridized carbons (Fsp3) is 0.250. The maximum Gasteiger partial charge on any atom is 0.328 e. The molecule has 2 rings (SSSR count). The summed E-state index contributed by atoms with van der Waals surface area (Å²) in [5.41, 5.74) is 8.56. The number of fused-ring (bicyclic) bond motifs is 1. The molecule has 0 saturated carbocycles. The molecule has 1 aromatic heterocycles. The summed E-state index contributed by atoms with van der Waals surface area (Å²) in [5, 5.41) is 1.04. The van der Waals surface area contributed by atoms with E-state index in [1.165, 1.54) is 7.11 Å². The third kappa shape index (κ3) is 1.79. The fourth-order valence-corrected chi connectivity index (χ4v) is 1.68. The Labute approximate surface area is 93.4 Å². The quantitative estimate of drug-likeness (QED) is 0.753. The predicted octanol–water partition coefficient (Wildman–Crippen LogP) is 1.65. The van der Waals surface area contributed by atoms with Gasteiger partial charge in [-0.2, -0.15) is 0 Å². The molecule has 1 aromatic carbocycles. The molecule has 0 aliphatic rings. The van der Waals surface area contributed by atoms with Crippen LogP contribution in [0.3, 0.4) is 0 Å². The summed E-state index contributed by atoms with van der Waals surface area (Å²) in [4.78, 5) is 14.4. The van der Waals surface area contributed by atoms with E-state index in [-0.39, 0.29) is 0 Å². The summed E-state index contributed by atoms with van der Waals surface area (Å²) >= 11 is 0. The number of H-pyrrole nitrogens is 1. The number of aromatic amines is 1. The lowest BCUT2D eigenvalue weighted by molar-refractivity contribution is -0.142. The van der Waals surface area contributed by atoms with Gasteiger partial charge >= 0.3 is 5.97 Å². The van der Waals surface area contributed by atoms with Crippen molar-refractivity contribution in [1.82, 2.24) is 4.98 Å². The second-order valence-electron chi connectivity index (χ2n) is 3.82. The van der Waals surface area contributed by atoms with Crippen LogP contribution in [0.5, 0.6) is 0 Å². The number of carbonyl (C=O) groups is 1. The Balaban J connectivity index is 2.43. The maximum absolute atomic E-state index is 11.3. The van der Waals surface area contributed by atoms with Gasteiger partial charge < -0.3 is 15.5 Å². The van der Waals surface area contributed by atoms with Crippen LogP contribution in [-0.2, 0) is 9.53 Å². The number of esters is 1. The number of benzene rings is 1. The van der Waals surface area contributed by atoms with Crippen LogP contribution in [0.4, 0.5) is 0 Å². The average Bonchev–Trinajstić information content (AvgIpc) is 2.69. The highest BCUT2D eigenvalue weighted by Gasteiger charge is 2.18. The van der Waals surface area contributed by atoms with Crippen molar-refractivity contribution in [3.05, 3.63) is 35.5 Å². The van der Waals surface area contributed by atoms with E-state index in [0.717, 1.165) is 16.5 Å². The van der Waals surface area contributed by atoms with E-state index in [1.54, 1.807) is 0 Å². The largest absolute Gasteiger partial charge is 0.468 e. The van der Waals surface area contributed by atoms with Gasteiger partial charge in [0.2, 0.25) is 0 Å². The summed E-state index contributed by atoms with van der Waals surface area (Å²) in [6, 6.07) is 7.15. The minimum Gasteiger partial charge on any atom is -0.468 e. The zero-order valence-corrected chi connectivity index (χ0v) is 9.28. The van der Waals surface area contributed by atoms with Crippen LogP contribution in [0.1, 0.15) is 17.3 Å². The standard InChI is InChI=1S/C12H14N2O2/c1-7-3-4-8-6-10(14-9(8)5-7)11(13)12(15)16-2/h3-6,11,14H,13H2,1-2H3. The number of methoxy groups -OCH3 is 1. The molecule has 16 heavy (non-hydrogen) atoms. The molecule has 4 heteroatoms. The molecule has 1 atom stereocenters. The van der Waals surface area contributed by atoms with Crippen molar-refractivity contribution in [2.45, 2.75) is 13.0 Å². The zero-order chi connectivity index (χ0) is 11.7.